The molecule has 1 heterocycles. The maximum absolute atomic E-state index is 5.92. The number of hydrogen-bond acceptors (Lipinski definition) is 4. The van der Waals surface area contributed by atoms with E-state index in [1.807, 2.05) is 26.0 Å². The van der Waals surface area contributed by atoms with Gasteiger partial charge in [-0.05, 0) is 51.2 Å². The molecular weight excluding hydrogens is 226 g/mol. The van der Waals surface area contributed by atoms with Crippen molar-refractivity contribution in [3.05, 3.63) is 18.3 Å². The molecule has 1 aromatic rings. The lowest BCUT2D eigenvalue weighted by Gasteiger charge is -2.16. The molecule has 0 aliphatic heterocycles. The van der Waals surface area contributed by atoms with Crippen molar-refractivity contribution < 1.29 is 4.74 Å². The Bertz CT molecular complexity index is 381. The first-order chi connectivity index (χ1) is 8.65. The van der Waals surface area contributed by atoms with E-state index in [9.17, 15) is 0 Å². The van der Waals surface area contributed by atoms with Crippen molar-refractivity contribution in [2.75, 3.05) is 11.9 Å². The van der Waals surface area contributed by atoms with Gasteiger partial charge in [-0.3, -0.25) is 0 Å². The van der Waals surface area contributed by atoms with Crippen molar-refractivity contribution in [1.82, 2.24) is 4.98 Å². The molecule has 100 valence electrons. The van der Waals surface area contributed by atoms with E-state index in [1.54, 1.807) is 6.20 Å². The number of ether oxygens (including phenoxy) is 1. The van der Waals surface area contributed by atoms with Gasteiger partial charge in [0.2, 0.25) is 0 Å². The van der Waals surface area contributed by atoms with Crippen LogP contribution in [0.2, 0.25) is 0 Å². The van der Waals surface area contributed by atoms with Gasteiger partial charge in [-0.25, -0.2) is 4.98 Å². The van der Waals surface area contributed by atoms with Gasteiger partial charge in [-0.15, -0.1) is 0 Å². The minimum absolute atomic E-state index is 0.162. The highest BCUT2D eigenvalue weighted by Crippen LogP contribution is 2.26. The zero-order valence-electron chi connectivity index (χ0n) is 11.2. The number of nitrogens with zero attached hydrogens (tertiary/aromatic N) is 1. The summed E-state index contributed by atoms with van der Waals surface area (Å²) in [6, 6.07) is 4.23. The molecule has 1 aromatic heterocycles. The molecule has 4 heteroatoms. The van der Waals surface area contributed by atoms with Crippen LogP contribution >= 0.6 is 0 Å². The normalized spacial score (nSPS) is 23.3. The molecule has 4 nitrogen and oxygen atoms in total. The van der Waals surface area contributed by atoms with Crippen LogP contribution in [0.25, 0.3) is 0 Å². The van der Waals surface area contributed by atoms with Crippen LogP contribution in [0, 0.1) is 5.92 Å². The predicted octanol–water partition coefficient (Wildman–Crippen LogP) is 2.41. The SMILES string of the molecule is CC(C)Oc1cccnc1NCC1CCC(N)C1. The molecule has 0 amide bonds. The van der Waals surface area contributed by atoms with E-state index in [0.29, 0.717) is 12.0 Å². The average Bonchev–Trinajstić information content (AvgIpc) is 2.73. The Kier molecular flexibility index (Phi) is 4.42. The molecule has 2 unspecified atom stereocenters. The molecule has 1 saturated carbocycles. The lowest BCUT2D eigenvalue weighted by molar-refractivity contribution is 0.243. The summed E-state index contributed by atoms with van der Waals surface area (Å²) in [4.78, 5) is 4.34. The Morgan fingerprint density at radius 1 is 1.50 bits per heavy atom. The number of rotatable bonds is 5. The van der Waals surface area contributed by atoms with E-state index in [0.717, 1.165) is 31.0 Å². The summed E-state index contributed by atoms with van der Waals surface area (Å²) in [6.07, 6.45) is 5.41. The predicted molar refractivity (Wildman–Crippen MR) is 73.8 cm³/mol. The third kappa shape index (κ3) is 3.60. The van der Waals surface area contributed by atoms with Gasteiger partial charge in [-0.1, -0.05) is 0 Å². The summed E-state index contributed by atoms with van der Waals surface area (Å²) in [7, 11) is 0. The summed E-state index contributed by atoms with van der Waals surface area (Å²) in [5.41, 5.74) is 5.92. The van der Waals surface area contributed by atoms with Crippen molar-refractivity contribution in [2.45, 2.75) is 45.3 Å². The van der Waals surface area contributed by atoms with Crippen LogP contribution < -0.4 is 15.8 Å². The molecule has 2 atom stereocenters. The number of hydrogen-bond donors (Lipinski definition) is 2. The third-order valence-corrected chi connectivity index (χ3v) is 3.27. The molecule has 0 bridgehead atoms. The zero-order chi connectivity index (χ0) is 13.0. The Morgan fingerprint density at radius 3 is 3.00 bits per heavy atom. The van der Waals surface area contributed by atoms with E-state index >= 15 is 0 Å². The molecular formula is C14H23N3O. The average molecular weight is 249 g/mol. The second-order valence-electron chi connectivity index (χ2n) is 5.34. The highest BCUT2D eigenvalue weighted by molar-refractivity contribution is 5.49. The molecule has 1 aliphatic carbocycles. The minimum atomic E-state index is 0.162. The van der Waals surface area contributed by atoms with Gasteiger partial charge in [-0.2, -0.15) is 0 Å². The van der Waals surface area contributed by atoms with Crippen molar-refractivity contribution in [1.29, 1.82) is 0 Å². The van der Waals surface area contributed by atoms with Crippen LogP contribution in [0.5, 0.6) is 5.75 Å². The van der Waals surface area contributed by atoms with Crippen LogP contribution in [-0.2, 0) is 0 Å². The van der Waals surface area contributed by atoms with Crippen LogP contribution in [0.15, 0.2) is 18.3 Å². The Labute approximate surface area is 109 Å². The van der Waals surface area contributed by atoms with Gasteiger partial charge in [0.1, 0.15) is 0 Å². The Morgan fingerprint density at radius 2 is 2.33 bits per heavy atom. The van der Waals surface area contributed by atoms with Crippen molar-refractivity contribution in [3.63, 3.8) is 0 Å². The van der Waals surface area contributed by atoms with Crippen molar-refractivity contribution in [3.8, 4) is 5.75 Å². The number of aromatic nitrogens is 1. The molecule has 18 heavy (non-hydrogen) atoms. The van der Waals surface area contributed by atoms with E-state index in [4.69, 9.17) is 10.5 Å². The molecule has 0 spiro atoms. The summed E-state index contributed by atoms with van der Waals surface area (Å²) in [5, 5.41) is 3.39. The number of nitrogens with two attached hydrogens (primary N) is 1. The summed E-state index contributed by atoms with van der Waals surface area (Å²) >= 11 is 0. The van der Waals surface area contributed by atoms with Gasteiger partial charge in [0.25, 0.3) is 0 Å². The van der Waals surface area contributed by atoms with Crippen LogP contribution in [-0.4, -0.2) is 23.7 Å². The van der Waals surface area contributed by atoms with E-state index in [1.165, 1.54) is 6.42 Å². The number of anilines is 1. The summed E-state index contributed by atoms with van der Waals surface area (Å²) in [5.74, 6) is 2.33. The second-order valence-corrected chi connectivity index (χ2v) is 5.34. The lowest BCUT2D eigenvalue weighted by Crippen LogP contribution is -2.18. The summed E-state index contributed by atoms with van der Waals surface area (Å²) < 4.78 is 5.73. The van der Waals surface area contributed by atoms with Crippen LogP contribution in [0.3, 0.4) is 0 Å². The lowest BCUT2D eigenvalue weighted by atomic mass is 10.1. The van der Waals surface area contributed by atoms with Gasteiger partial charge in [0, 0.05) is 18.8 Å². The minimum Gasteiger partial charge on any atom is -0.487 e. The maximum Gasteiger partial charge on any atom is 0.168 e. The van der Waals surface area contributed by atoms with Crippen LogP contribution in [0.1, 0.15) is 33.1 Å². The van der Waals surface area contributed by atoms with E-state index < -0.39 is 0 Å². The zero-order valence-corrected chi connectivity index (χ0v) is 11.2. The van der Waals surface area contributed by atoms with Crippen molar-refractivity contribution >= 4 is 5.82 Å². The van der Waals surface area contributed by atoms with Gasteiger partial charge >= 0.3 is 0 Å². The second kappa shape index (κ2) is 6.05. The standard InChI is InChI=1S/C14H23N3O/c1-10(2)18-13-4-3-7-16-14(13)17-9-11-5-6-12(15)8-11/h3-4,7,10-12H,5-6,8-9,15H2,1-2H3,(H,16,17). The fraction of sp³-hybridized carbons (Fsp3) is 0.643. The highest BCUT2D eigenvalue weighted by Gasteiger charge is 2.21. The van der Waals surface area contributed by atoms with E-state index in [2.05, 4.69) is 10.3 Å². The fourth-order valence-electron chi connectivity index (χ4n) is 2.41. The maximum atomic E-state index is 5.92. The third-order valence-electron chi connectivity index (χ3n) is 3.27. The molecule has 0 saturated heterocycles. The van der Waals surface area contributed by atoms with Gasteiger partial charge < -0.3 is 15.8 Å². The quantitative estimate of drug-likeness (QED) is 0.841. The monoisotopic (exact) mass is 249 g/mol. The molecule has 2 rings (SSSR count). The van der Waals surface area contributed by atoms with Crippen LogP contribution in [0.4, 0.5) is 5.82 Å². The summed E-state index contributed by atoms with van der Waals surface area (Å²) in [6.45, 7) is 4.97. The molecule has 1 aliphatic rings. The van der Waals surface area contributed by atoms with Crippen molar-refractivity contribution in [2.24, 2.45) is 11.7 Å². The molecule has 3 N–H and O–H groups in total. The molecule has 1 fully saturated rings. The fourth-order valence-corrected chi connectivity index (χ4v) is 2.41. The first-order valence-electron chi connectivity index (χ1n) is 6.76. The first kappa shape index (κ1) is 13.1. The molecule has 0 radical (unpaired) electrons. The van der Waals surface area contributed by atoms with E-state index in [-0.39, 0.29) is 6.10 Å². The number of pyridine rings is 1. The Balaban J connectivity index is 1.92. The van der Waals surface area contributed by atoms with Gasteiger partial charge in [0.15, 0.2) is 11.6 Å². The van der Waals surface area contributed by atoms with Gasteiger partial charge in [0.05, 0.1) is 6.10 Å². The Hall–Kier alpha value is -1.29. The number of nitrogens with one attached hydrogen (secondary N) is 1. The largest absolute Gasteiger partial charge is 0.487 e. The molecule has 0 aromatic carbocycles. The first-order valence-corrected chi connectivity index (χ1v) is 6.76. The highest BCUT2D eigenvalue weighted by atomic mass is 16.5. The smallest absolute Gasteiger partial charge is 0.168 e. The topological polar surface area (TPSA) is 60.2 Å².